The number of nitrogens with one attached hydrogen (secondary N) is 1. The van der Waals surface area contributed by atoms with Crippen LogP contribution in [0.1, 0.15) is 32.4 Å². The van der Waals surface area contributed by atoms with E-state index in [1.807, 2.05) is 40.9 Å². The van der Waals surface area contributed by atoms with Gasteiger partial charge in [0, 0.05) is 29.3 Å². The lowest BCUT2D eigenvalue weighted by molar-refractivity contribution is 0.193. The number of carbonyl (C=O) groups excluding carboxylic acids is 1. The predicted octanol–water partition coefficient (Wildman–Crippen LogP) is 3.10. The molecule has 1 heterocycles. The van der Waals surface area contributed by atoms with E-state index in [0.717, 1.165) is 23.5 Å². The Morgan fingerprint density at radius 2 is 2.25 bits per heavy atom. The molecule has 2 N–H and O–H groups in total. The molecule has 1 aliphatic heterocycles. The molecule has 1 saturated heterocycles. The van der Waals surface area contributed by atoms with Gasteiger partial charge in [-0.3, -0.25) is 0 Å². The maximum Gasteiger partial charge on any atom is 0.322 e. The number of benzene rings is 1. The second-order valence-electron chi connectivity index (χ2n) is 5.24. The molecule has 1 aromatic rings. The molecule has 1 fully saturated rings. The number of carbonyl (C=O) groups is 1. The zero-order valence-electron chi connectivity index (χ0n) is 12.2. The van der Waals surface area contributed by atoms with Gasteiger partial charge in [-0.15, -0.1) is 0 Å². The Labute approximate surface area is 124 Å². The van der Waals surface area contributed by atoms with Gasteiger partial charge in [-0.1, -0.05) is 19.1 Å². The lowest BCUT2D eigenvalue weighted by atomic mass is 10.1. The Kier molecular flexibility index (Phi) is 4.94. The zero-order valence-corrected chi connectivity index (χ0v) is 13.0. The molecule has 4 nitrogen and oxygen atoms in total. The first kappa shape index (κ1) is 15.2. The van der Waals surface area contributed by atoms with Crippen LogP contribution in [0, 0.1) is 0 Å². The highest BCUT2D eigenvalue weighted by atomic mass is 32.2. The Bertz CT molecular complexity index is 479. The fourth-order valence-electron chi connectivity index (χ4n) is 2.29. The molecule has 110 valence electrons. The van der Waals surface area contributed by atoms with E-state index in [0.29, 0.717) is 5.25 Å². The quantitative estimate of drug-likeness (QED) is 0.881. The molecular formula is C15H22N2O2S. The van der Waals surface area contributed by atoms with Crippen LogP contribution in [0.15, 0.2) is 24.3 Å². The zero-order chi connectivity index (χ0) is 14.7. The molecule has 0 bridgehead atoms. The number of rotatable bonds is 2. The van der Waals surface area contributed by atoms with Gasteiger partial charge in [0.25, 0.3) is 0 Å². The second kappa shape index (κ2) is 6.50. The fraction of sp³-hybridized carbons (Fsp3) is 0.533. The molecule has 0 aromatic heterocycles. The summed E-state index contributed by atoms with van der Waals surface area (Å²) in [6.45, 7) is 6.73. The van der Waals surface area contributed by atoms with Gasteiger partial charge in [0.1, 0.15) is 0 Å². The fourth-order valence-corrected chi connectivity index (χ4v) is 3.39. The van der Waals surface area contributed by atoms with Gasteiger partial charge >= 0.3 is 6.03 Å². The van der Waals surface area contributed by atoms with Gasteiger partial charge in [0.15, 0.2) is 0 Å². The highest BCUT2D eigenvalue weighted by Gasteiger charge is 2.28. The van der Waals surface area contributed by atoms with Crippen LogP contribution in [0.25, 0.3) is 0 Å². The van der Waals surface area contributed by atoms with Crippen molar-refractivity contribution in [2.24, 2.45) is 0 Å². The highest BCUT2D eigenvalue weighted by molar-refractivity contribution is 8.00. The Morgan fingerprint density at radius 1 is 1.50 bits per heavy atom. The average molecular weight is 294 g/mol. The third-order valence-electron chi connectivity index (χ3n) is 3.77. The van der Waals surface area contributed by atoms with Crippen molar-refractivity contribution >= 4 is 23.5 Å². The van der Waals surface area contributed by atoms with Crippen molar-refractivity contribution in [2.45, 2.75) is 38.2 Å². The maximum absolute atomic E-state index is 12.3. The summed E-state index contributed by atoms with van der Waals surface area (Å²) in [5, 5.41) is 13.0. The third-order valence-corrected chi connectivity index (χ3v) is 5.10. The number of anilines is 1. The van der Waals surface area contributed by atoms with Gasteiger partial charge in [-0.05, 0) is 31.5 Å². The van der Waals surface area contributed by atoms with Gasteiger partial charge in [0.2, 0.25) is 0 Å². The van der Waals surface area contributed by atoms with Crippen molar-refractivity contribution in [1.29, 1.82) is 0 Å². The highest BCUT2D eigenvalue weighted by Crippen LogP contribution is 2.25. The Balaban J connectivity index is 2.05. The second-order valence-corrected chi connectivity index (χ2v) is 6.73. The van der Waals surface area contributed by atoms with Gasteiger partial charge in [-0.25, -0.2) is 4.79 Å². The van der Waals surface area contributed by atoms with Crippen molar-refractivity contribution in [3.8, 4) is 0 Å². The summed E-state index contributed by atoms with van der Waals surface area (Å²) in [7, 11) is 0. The summed E-state index contributed by atoms with van der Waals surface area (Å²) in [6.07, 6.45) is -0.530. The minimum atomic E-state index is -0.530. The molecule has 5 heteroatoms. The summed E-state index contributed by atoms with van der Waals surface area (Å²) in [4.78, 5) is 14.2. The van der Waals surface area contributed by atoms with Crippen LogP contribution in [-0.2, 0) is 0 Å². The van der Waals surface area contributed by atoms with E-state index in [-0.39, 0.29) is 12.1 Å². The number of aliphatic hydroxyl groups excluding tert-OH is 1. The van der Waals surface area contributed by atoms with E-state index in [1.165, 1.54) is 0 Å². The number of nitrogens with zero attached hydrogens (tertiary/aromatic N) is 1. The van der Waals surface area contributed by atoms with Crippen LogP contribution < -0.4 is 5.32 Å². The van der Waals surface area contributed by atoms with Gasteiger partial charge in [0.05, 0.1) is 6.10 Å². The van der Waals surface area contributed by atoms with Crippen molar-refractivity contribution in [3.05, 3.63) is 29.8 Å². The van der Waals surface area contributed by atoms with Gasteiger partial charge < -0.3 is 15.3 Å². The molecular weight excluding hydrogens is 272 g/mol. The molecule has 3 atom stereocenters. The Morgan fingerprint density at radius 3 is 2.95 bits per heavy atom. The summed E-state index contributed by atoms with van der Waals surface area (Å²) in [5.74, 6) is 0.979. The van der Waals surface area contributed by atoms with Crippen LogP contribution in [0.5, 0.6) is 0 Å². The lowest BCUT2D eigenvalue weighted by Crippen LogP contribution is -2.49. The molecule has 3 unspecified atom stereocenters. The van der Waals surface area contributed by atoms with Crippen molar-refractivity contribution in [2.75, 3.05) is 17.6 Å². The summed E-state index contributed by atoms with van der Waals surface area (Å²) in [5.41, 5.74) is 1.53. The summed E-state index contributed by atoms with van der Waals surface area (Å²) >= 11 is 1.91. The average Bonchev–Trinajstić information content (AvgIpc) is 2.42. The topological polar surface area (TPSA) is 52.6 Å². The molecule has 0 spiro atoms. The lowest BCUT2D eigenvalue weighted by Gasteiger charge is -2.37. The van der Waals surface area contributed by atoms with Crippen LogP contribution in [0.4, 0.5) is 10.5 Å². The molecule has 0 aliphatic carbocycles. The normalized spacial score (nSPS) is 24.3. The van der Waals surface area contributed by atoms with Gasteiger partial charge in [-0.2, -0.15) is 11.8 Å². The number of hydrogen-bond acceptors (Lipinski definition) is 3. The minimum absolute atomic E-state index is 0.0626. The van der Waals surface area contributed by atoms with E-state index in [2.05, 4.69) is 19.2 Å². The summed E-state index contributed by atoms with van der Waals surface area (Å²) < 4.78 is 0. The van der Waals surface area contributed by atoms with Crippen LogP contribution in [0.3, 0.4) is 0 Å². The smallest absolute Gasteiger partial charge is 0.322 e. The van der Waals surface area contributed by atoms with Crippen LogP contribution in [-0.4, -0.2) is 39.6 Å². The van der Waals surface area contributed by atoms with Crippen molar-refractivity contribution in [1.82, 2.24) is 4.90 Å². The van der Waals surface area contributed by atoms with E-state index in [1.54, 1.807) is 6.92 Å². The Hall–Kier alpha value is -1.20. The van der Waals surface area contributed by atoms with Crippen molar-refractivity contribution in [3.63, 3.8) is 0 Å². The molecule has 1 aromatic carbocycles. The van der Waals surface area contributed by atoms with E-state index >= 15 is 0 Å². The molecule has 1 aliphatic rings. The number of urea groups is 1. The first-order chi connectivity index (χ1) is 9.49. The predicted molar refractivity (Wildman–Crippen MR) is 84.2 cm³/mol. The number of thioether (sulfide) groups is 1. The molecule has 2 rings (SSSR count). The largest absolute Gasteiger partial charge is 0.389 e. The number of hydrogen-bond donors (Lipinski definition) is 2. The first-order valence-electron chi connectivity index (χ1n) is 6.96. The third kappa shape index (κ3) is 3.46. The van der Waals surface area contributed by atoms with Crippen LogP contribution in [0.2, 0.25) is 0 Å². The standard InChI is InChI=1S/C15H22N2O2S/c1-10-12(3)20-8-7-17(10)15(19)16-14-6-4-5-13(9-14)11(2)18/h4-6,9-12,18H,7-8H2,1-3H3,(H,16,19). The molecule has 2 amide bonds. The maximum atomic E-state index is 12.3. The number of amides is 2. The summed E-state index contributed by atoms with van der Waals surface area (Å²) in [6, 6.07) is 7.52. The molecule has 0 radical (unpaired) electrons. The SMILES string of the molecule is CC(O)c1cccc(NC(=O)N2CCSC(C)C2C)c1. The first-order valence-corrected chi connectivity index (χ1v) is 8.01. The van der Waals surface area contributed by atoms with E-state index in [9.17, 15) is 9.90 Å². The monoisotopic (exact) mass is 294 g/mol. The van der Waals surface area contributed by atoms with Crippen LogP contribution >= 0.6 is 11.8 Å². The molecule has 20 heavy (non-hydrogen) atoms. The minimum Gasteiger partial charge on any atom is -0.389 e. The van der Waals surface area contributed by atoms with E-state index in [4.69, 9.17) is 0 Å². The van der Waals surface area contributed by atoms with Crippen molar-refractivity contribution < 1.29 is 9.90 Å². The van der Waals surface area contributed by atoms with E-state index < -0.39 is 6.10 Å². The molecule has 0 saturated carbocycles. The number of aliphatic hydroxyl groups is 1.